The van der Waals surface area contributed by atoms with Crippen LogP contribution in [0.3, 0.4) is 0 Å². The number of nitrogens with zero attached hydrogens (tertiary/aromatic N) is 5. The van der Waals surface area contributed by atoms with Gasteiger partial charge < -0.3 is 0 Å². The van der Waals surface area contributed by atoms with Gasteiger partial charge in [0.25, 0.3) is 0 Å². The van der Waals surface area contributed by atoms with Crippen molar-refractivity contribution in [1.29, 1.82) is 0 Å². The number of rotatable bonds is 3. The zero-order chi connectivity index (χ0) is 19.5. The summed E-state index contributed by atoms with van der Waals surface area (Å²) in [4.78, 5) is 5.19. The summed E-state index contributed by atoms with van der Waals surface area (Å²) in [5.74, 6) is 0.532. The minimum atomic E-state index is -1.16. The van der Waals surface area contributed by atoms with Gasteiger partial charge in [0, 0.05) is 29.9 Å². The summed E-state index contributed by atoms with van der Waals surface area (Å²) in [5, 5.41) is 9.52. The van der Waals surface area contributed by atoms with Crippen molar-refractivity contribution in [2.24, 2.45) is 0 Å². The first-order chi connectivity index (χ1) is 12.8. The third kappa shape index (κ3) is 2.60. The van der Waals surface area contributed by atoms with Crippen LogP contribution in [0.15, 0.2) is 23.4 Å². The molecule has 0 bridgehead atoms. The van der Waals surface area contributed by atoms with Crippen molar-refractivity contribution in [3.63, 3.8) is 0 Å². The molecule has 0 saturated carbocycles. The molecule has 27 heavy (non-hydrogen) atoms. The highest BCUT2D eigenvalue weighted by Crippen LogP contribution is 2.34. The Morgan fingerprint density at radius 1 is 1.04 bits per heavy atom. The molecule has 140 valence electrons. The summed E-state index contributed by atoms with van der Waals surface area (Å²) >= 11 is 0. The van der Waals surface area contributed by atoms with Crippen LogP contribution in [0.1, 0.15) is 34.9 Å². The Bertz CT molecular complexity index is 1230. The predicted molar refractivity (Wildman–Crippen MR) is 108 cm³/mol. The fraction of sp³-hybridized carbons (Fsp3) is 0.350. The molecule has 0 fully saturated rings. The Hall–Kier alpha value is -2.54. The highest BCUT2D eigenvalue weighted by atomic mass is 32.2. The highest BCUT2D eigenvalue weighted by Gasteiger charge is 2.25. The summed E-state index contributed by atoms with van der Waals surface area (Å²) in [5.41, 5.74) is 8.69. The van der Waals surface area contributed by atoms with E-state index in [9.17, 15) is 4.21 Å². The molecular formula is C20H23N5OS. The van der Waals surface area contributed by atoms with Gasteiger partial charge in [-0.15, -0.1) is 0 Å². The van der Waals surface area contributed by atoms with Crippen LogP contribution in [-0.2, 0) is 10.8 Å². The van der Waals surface area contributed by atoms with Gasteiger partial charge in [0.15, 0.2) is 5.65 Å². The van der Waals surface area contributed by atoms with Gasteiger partial charge in [0.1, 0.15) is 11.4 Å². The first-order valence-corrected chi connectivity index (χ1v) is 10.3. The van der Waals surface area contributed by atoms with E-state index in [1.165, 1.54) is 11.1 Å². The lowest BCUT2D eigenvalue weighted by Gasteiger charge is -2.12. The molecule has 0 N–H and O–H groups in total. The SMILES string of the molecule is CCS(=O)c1c(-c2cc3ncc(C)cn3n2)nn2c(C)c(C)c(C)c(C)c12. The Morgan fingerprint density at radius 3 is 2.48 bits per heavy atom. The third-order valence-electron chi connectivity index (χ3n) is 5.36. The first kappa shape index (κ1) is 17.9. The molecule has 0 aliphatic heterocycles. The minimum absolute atomic E-state index is 0.532. The van der Waals surface area contributed by atoms with E-state index < -0.39 is 10.8 Å². The Labute approximate surface area is 160 Å². The van der Waals surface area contributed by atoms with Crippen LogP contribution in [0.5, 0.6) is 0 Å². The van der Waals surface area contributed by atoms with E-state index in [0.717, 1.165) is 32.9 Å². The van der Waals surface area contributed by atoms with E-state index in [2.05, 4.69) is 37.8 Å². The monoisotopic (exact) mass is 381 g/mol. The van der Waals surface area contributed by atoms with Gasteiger partial charge in [-0.1, -0.05) is 6.92 Å². The van der Waals surface area contributed by atoms with Crippen LogP contribution in [0.4, 0.5) is 0 Å². The van der Waals surface area contributed by atoms with Crippen LogP contribution in [-0.4, -0.2) is 34.2 Å². The molecule has 0 radical (unpaired) electrons. The van der Waals surface area contributed by atoms with Crippen molar-refractivity contribution < 1.29 is 4.21 Å². The van der Waals surface area contributed by atoms with E-state index >= 15 is 0 Å². The molecule has 0 aliphatic rings. The van der Waals surface area contributed by atoms with Crippen molar-refractivity contribution in [2.75, 3.05) is 5.75 Å². The average Bonchev–Trinajstić information content (AvgIpc) is 3.25. The van der Waals surface area contributed by atoms with Crippen LogP contribution < -0.4 is 0 Å². The van der Waals surface area contributed by atoms with E-state index in [0.29, 0.717) is 17.1 Å². The smallest absolute Gasteiger partial charge is 0.155 e. The van der Waals surface area contributed by atoms with Crippen molar-refractivity contribution in [2.45, 2.75) is 46.4 Å². The largest absolute Gasteiger partial charge is 0.254 e. The third-order valence-corrected chi connectivity index (χ3v) is 6.72. The Kier molecular flexibility index (Phi) is 4.14. The summed E-state index contributed by atoms with van der Waals surface area (Å²) in [6.07, 6.45) is 3.75. The van der Waals surface area contributed by atoms with Gasteiger partial charge in [0.2, 0.25) is 0 Å². The molecule has 1 atom stereocenters. The summed E-state index contributed by atoms with van der Waals surface area (Å²) in [6, 6.07) is 1.90. The van der Waals surface area contributed by atoms with Crippen molar-refractivity contribution >= 4 is 22.0 Å². The molecular weight excluding hydrogens is 358 g/mol. The molecule has 6 nitrogen and oxygen atoms in total. The Balaban J connectivity index is 2.11. The lowest BCUT2D eigenvalue weighted by Crippen LogP contribution is -2.03. The molecule has 0 spiro atoms. The predicted octanol–water partition coefficient (Wildman–Crippen LogP) is 3.71. The number of aromatic nitrogens is 5. The number of pyridine rings is 1. The van der Waals surface area contributed by atoms with Crippen molar-refractivity contribution in [3.8, 4) is 11.4 Å². The van der Waals surface area contributed by atoms with Gasteiger partial charge in [-0.05, 0) is 56.9 Å². The standard InChI is InChI=1S/C20H23N5OS/c1-7-27(26)20-18(16-8-17-21-9-11(2)10-24(17)22-16)23-25-15(6)13(4)12(3)14(5)19(20)25/h8-10H,7H2,1-6H3. The average molecular weight is 382 g/mol. The van der Waals surface area contributed by atoms with Crippen molar-refractivity contribution in [3.05, 3.63) is 46.4 Å². The molecule has 0 saturated heterocycles. The highest BCUT2D eigenvalue weighted by molar-refractivity contribution is 7.85. The maximum Gasteiger partial charge on any atom is 0.155 e. The van der Waals surface area contributed by atoms with E-state index in [1.54, 1.807) is 4.52 Å². The van der Waals surface area contributed by atoms with E-state index in [4.69, 9.17) is 5.10 Å². The van der Waals surface area contributed by atoms with Crippen molar-refractivity contribution in [1.82, 2.24) is 24.2 Å². The minimum Gasteiger partial charge on any atom is -0.254 e. The zero-order valence-corrected chi connectivity index (χ0v) is 17.3. The molecule has 0 aliphatic carbocycles. The van der Waals surface area contributed by atoms with Crippen LogP contribution in [0, 0.1) is 34.6 Å². The summed E-state index contributed by atoms with van der Waals surface area (Å²) in [6.45, 7) is 12.3. The molecule has 4 aromatic heterocycles. The van der Waals surface area contributed by atoms with Gasteiger partial charge in [-0.3, -0.25) is 4.21 Å². The zero-order valence-electron chi connectivity index (χ0n) is 16.5. The number of hydrogen-bond acceptors (Lipinski definition) is 4. The fourth-order valence-corrected chi connectivity index (χ4v) is 4.58. The molecule has 4 aromatic rings. The fourth-order valence-electron chi connectivity index (χ4n) is 3.48. The lowest BCUT2D eigenvalue weighted by molar-refractivity contribution is 0.684. The van der Waals surface area contributed by atoms with Gasteiger partial charge in [-0.25, -0.2) is 14.0 Å². The number of fused-ring (bicyclic) bond motifs is 2. The number of aryl methyl sites for hydroxylation is 3. The second-order valence-electron chi connectivity index (χ2n) is 7.00. The first-order valence-electron chi connectivity index (χ1n) is 9.03. The van der Waals surface area contributed by atoms with Crippen LogP contribution >= 0.6 is 0 Å². The quantitative estimate of drug-likeness (QED) is 0.543. The second kappa shape index (κ2) is 6.27. The van der Waals surface area contributed by atoms with E-state index in [-0.39, 0.29) is 0 Å². The normalized spacial score (nSPS) is 13.0. The van der Waals surface area contributed by atoms with Crippen LogP contribution in [0.2, 0.25) is 0 Å². The maximum atomic E-state index is 13.0. The van der Waals surface area contributed by atoms with Crippen LogP contribution in [0.25, 0.3) is 22.6 Å². The van der Waals surface area contributed by atoms with Gasteiger partial charge in [-0.2, -0.15) is 10.2 Å². The topological polar surface area (TPSA) is 64.6 Å². The molecule has 0 amide bonds. The van der Waals surface area contributed by atoms with Gasteiger partial charge >= 0.3 is 0 Å². The summed E-state index contributed by atoms with van der Waals surface area (Å²) in [7, 11) is -1.16. The van der Waals surface area contributed by atoms with Gasteiger partial charge in [0.05, 0.1) is 21.2 Å². The second-order valence-corrected chi connectivity index (χ2v) is 8.67. The van der Waals surface area contributed by atoms with E-state index in [1.807, 2.05) is 36.8 Å². The molecule has 4 rings (SSSR count). The molecule has 0 aromatic carbocycles. The molecule has 4 heterocycles. The summed E-state index contributed by atoms with van der Waals surface area (Å²) < 4.78 is 16.7. The molecule has 7 heteroatoms. The number of hydrogen-bond donors (Lipinski definition) is 0. The lowest BCUT2D eigenvalue weighted by atomic mass is 10.0. The molecule has 1 unspecified atom stereocenters. The Morgan fingerprint density at radius 2 is 1.78 bits per heavy atom. The maximum absolute atomic E-state index is 13.0.